The zero-order chi connectivity index (χ0) is 26.4. The summed E-state index contributed by atoms with van der Waals surface area (Å²) in [7, 11) is 0. The highest BCUT2D eigenvalue weighted by Gasteiger charge is 2.29. The summed E-state index contributed by atoms with van der Waals surface area (Å²) in [5.41, 5.74) is 2.12. The van der Waals surface area contributed by atoms with Crippen molar-refractivity contribution in [2.75, 3.05) is 11.9 Å². The van der Waals surface area contributed by atoms with E-state index in [1.807, 2.05) is 0 Å². The summed E-state index contributed by atoms with van der Waals surface area (Å²) in [5, 5.41) is 2.86. The van der Waals surface area contributed by atoms with Crippen molar-refractivity contribution in [3.8, 4) is 17.4 Å². The maximum absolute atomic E-state index is 13.1. The molecule has 0 aliphatic heterocycles. The second-order valence-electron chi connectivity index (χ2n) is 7.95. The highest BCUT2D eigenvalue weighted by molar-refractivity contribution is 5.97. The van der Waals surface area contributed by atoms with Crippen molar-refractivity contribution in [3.05, 3.63) is 101 Å². The van der Waals surface area contributed by atoms with Gasteiger partial charge in [-0.25, -0.2) is 8.78 Å². The van der Waals surface area contributed by atoms with Crippen LogP contribution in [0.25, 0.3) is 11.4 Å². The van der Waals surface area contributed by atoms with Crippen LogP contribution < -0.4 is 10.1 Å². The highest BCUT2D eigenvalue weighted by Crippen LogP contribution is 2.22. The number of carbonyl (C=O) groups excluding carboxylic acids is 1. The third-order valence-corrected chi connectivity index (χ3v) is 5.09. The Hall–Kier alpha value is -4.41. The SMILES string of the molecule is O=C(Cc1ccc(F)cc1)c1ccc(-c2nc(NCc3ccc(F)cc3)nc(OCC(F)(F)F)n2)cc1. The van der Waals surface area contributed by atoms with E-state index in [0.717, 1.165) is 0 Å². The van der Waals surface area contributed by atoms with Crippen molar-refractivity contribution in [3.63, 3.8) is 0 Å². The monoisotopic (exact) mass is 514 g/mol. The van der Waals surface area contributed by atoms with Crippen molar-refractivity contribution < 1.29 is 31.5 Å². The molecule has 0 radical (unpaired) electrons. The normalized spacial score (nSPS) is 11.3. The van der Waals surface area contributed by atoms with E-state index in [1.54, 1.807) is 12.1 Å². The molecule has 0 aliphatic rings. The van der Waals surface area contributed by atoms with Crippen LogP contribution in [-0.4, -0.2) is 33.5 Å². The van der Waals surface area contributed by atoms with Gasteiger partial charge in [0.2, 0.25) is 5.95 Å². The van der Waals surface area contributed by atoms with Crippen molar-refractivity contribution in [1.29, 1.82) is 0 Å². The summed E-state index contributed by atoms with van der Waals surface area (Å²) < 4.78 is 68.9. The van der Waals surface area contributed by atoms with Crippen LogP contribution in [0.4, 0.5) is 27.9 Å². The van der Waals surface area contributed by atoms with Gasteiger partial charge in [0.25, 0.3) is 0 Å². The molecule has 0 spiro atoms. The molecule has 4 rings (SSSR count). The van der Waals surface area contributed by atoms with Crippen molar-refractivity contribution >= 4 is 11.7 Å². The lowest BCUT2D eigenvalue weighted by atomic mass is 10.0. The molecule has 0 atom stereocenters. The van der Waals surface area contributed by atoms with E-state index in [4.69, 9.17) is 4.74 Å². The van der Waals surface area contributed by atoms with Gasteiger partial charge in [0.15, 0.2) is 18.2 Å². The first-order valence-electron chi connectivity index (χ1n) is 11.0. The molecule has 37 heavy (non-hydrogen) atoms. The lowest BCUT2D eigenvalue weighted by molar-refractivity contribution is -0.154. The van der Waals surface area contributed by atoms with Gasteiger partial charge in [0, 0.05) is 24.1 Å². The van der Waals surface area contributed by atoms with Crippen LogP contribution >= 0.6 is 0 Å². The number of halogens is 5. The van der Waals surface area contributed by atoms with Crippen LogP contribution in [0.2, 0.25) is 0 Å². The zero-order valence-electron chi connectivity index (χ0n) is 19.1. The number of nitrogens with zero attached hydrogens (tertiary/aromatic N) is 3. The zero-order valence-corrected chi connectivity index (χ0v) is 19.1. The summed E-state index contributed by atoms with van der Waals surface area (Å²) >= 11 is 0. The van der Waals surface area contributed by atoms with Crippen molar-refractivity contribution in [1.82, 2.24) is 15.0 Å². The average Bonchev–Trinajstić information content (AvgIpc) is 2.88. The number of aromatic nitrogens is 3. The van der Waals surface area contributed by atoms with E-state index in [9.17, 15) is 26.7 Å². The van der Waals surface area contributed by atoms with Crippen LogP contribution in [0, 0.1) is 11.6 Å². The average molecular weight is 514 g/mol. The third kappa shape index (κ3) is 7.53. The Bertz CT molecular complexity index is 1360. The molecule has 11 heteroatoms. The number of Topliss-reactive ketones (excluding diaryl/α,β-unsaturated/α-hetero) is 1. The minimum absolute atomic E-state index is 0.0197. The van der Waals surface area contributed by atoms with Crippen molar-refractivity contribution in [2.45, 2.75) is 19.1 Å². The minimum Gasteiger partial charge on any atom is -0.454 e. The Labute approximate surface area is 208 Å². The maximum atomic E-state index is 13.1. The van der Waals surface area contributed by atoms with Crippen LogP contribution in [0.1, 0.15) is 21.5 Å². The second-order valence-corrected chi connectivity index (χ2v) is 7.95. The first kappa shape index (κ1) is 25.7. The molecule has 0 unspecified atom stereocenters. The number of carbonyl (C=O) groups is 1. The first-order valence-corrected chi connectivity index (χ1v) is 11.0. The molecule has 1 heterocycles. The van der Waals surface area contributed by atoms with Gasteiger partial charge in [0.05, 0.1) is 0 Å². The largest absolute Gasteiger partial charge is 0.454 e. The standard InChI is InChI=1S/C26H19F5N4O2/c27-20-9-1-16(2-10-20)13-22(36)18-5-7-19(8-6-18)23-33-24(32-14-17-3-11-21(28)12-4-17)35-25(34-23)37-15-26(29,30)31/h1-12H,13-15H2,(H,32,33,34,35). The van der Waals surface area contributed by atoms with Gasteiger partial charge in [-0.3, -0.25) is 4.79 Å². The number of benzene rings is 3. The smallest absolute Gasteiger partial charge is 0.422 e. The molecule has 1 N–H and O–H groups in total. The van der Waals surface area contributed by atoms with E-state index >= 15 is 0 Å². The number of alkyl halides is 3. The molecule has 4 aromatic rings. The van der Waals surface area contributed by atoms with E-state index in [2.05, 4.69) is 20.3 Å². The molecule has 0 saturated heterocycles. The lowest BCUT2D eigenvalue weighted by Gasteiger charge is -2.11. The Balaban J connectivity index is 1.54. The summed E-state index contributed by atoms with van der Waals surface area (Å²) in [6.07, 6.45) is -4.53. The number of ether oxygens (including phenoxy) is 1. The van der Waals surface area contributed by atoms with Gasteiger partial charge < -0.3 is 10.1 Å². The number of hydrogen-bond acceptors (Lipinski definition) is 6. The molecular weight excluding hydrogens is 495 g/mol. The Morgan fingerprint density at radius 3 is 1.97 bits per heavy atom. The molecule has 3 aromatic carbocycles. The Morgan fingerprint density at radius 2 is 1.38 bits per heavy atom. The quantitative estimate of drug-likeness (QED) is 0.225. The summed E-state index contributed by atoms with van der Waals surface area (Å²) in [5.74, 6) is -1.05. The Kier molecular flexibility index (Phi) is 7.71. The number of nitrogens with one attached hydrogen (secondary N) is 1. The summed E-state index contributed by atoms with van der Waals surface area (Å²) in [4.78, 5) is 24.7. The summed E-state index contributed by atoms with van der Waals surface area (Å²) in [6, 6.07) is 16.8. The summed E-state index contributed by atoms with van der Waals surface area (Å²) in [6.45, 7) is -1.43. The van der Waals surface area contributed by atoms with Crippen LogP contribution in [0.5, 0.6) is 6.01 Å². The predicted octanol–water partition coefficient (Wildman–Crippen LogP) is 5.80. The lowest BCUT2D eigenvalue weighted by Crippen LogP contribution is -2.20. The fourth-order valence-corrected chi connectivity index (χ4v) is 3.25. The molecule has 0 fully saturated rings. The molecule has 0 amide bonds. The van der Waals surface area contributed by atoms with E-state index in [0.29, 0.717) is 22.3 Å². The molecule has 6 nitrogen and oxygen atoms in total. The third-order valence-electron chi connectivity index (χ3n) is 5.09. The molecule has 1 aromatic heterocycles. The minimum atomic E-state index is -4.60. The number of rotatable bonds is 9. The number of ketones is 1. The second kappa shape index (κ2) is 11.1. The van der Waals surface area contributed by atoms with Crippen LogP contribution in [0.3, 0.4) is 0 Å². The highest BCUT2D eigenvalue weighted by atomic mass is 19.4. The van der Waals surface area contributed by atoms with E-state index in [1.165, 1.54) is 60.7 Å². The fourth-order valence-electron chi connectivity index (χ4n) is 3.25. The predicted molar refractivity (Wildman–Crippen MR) is 125 cm³/mol. The first-order chi connectivity index (χ1) is 17.6. The molecule has 0 saturated carbocycles. The van der Waals surface area contributed by atoms with Gasteiger partial charge >= 0.3 is 12.2 Å². The topological polar surface area (TPSA) is 77.0 Å². The van der Waals surface area contributed by atoms with Crippen LogP contribution in [0.15, 0.2) is 72.8 Å². The van der Waals surface area contributed by atoms with Gasteiger partial charge in [-0.05, 0) is 35.4 Å². The molecule has 190 valence electrons. The maximum Gasteiger partial charge on any atom is 0.422 e. The van der Waals surface area contributed by atoms with E-state index < -0.39 is 30.4 Å². The number of hydrogen-bond donors (Lipinski definition) is 1. The van der Waals surface area contributed by atoms with Gasteiger partial charge in [-0.15, -0.1) is 0 Å². The van der Waals surface area contributed by atoms with Gasteiger partial charge in [0.1, 0.15) is 11.6 Å². The van der Waals surface area contributed by atoms with Crippen molar-refractivity contribution in [2.24, 2.45) is 0 Å². The molecule has 0 bridgehead atoms. The fraction of sp³-hybridized carbons (Fsp3) is 0.154. The molecule has 0 aliphatic carbocycles. The van der Waals surface area contributed by atoms with E-state index in [-0.39, 0.29) is 30.5 Å². The number of anilines is 1. The Morgan fingerprint density at radius 1 is 0.784 bits per heavy atom. The van der Waals surface area contributed by atoms with Crippen LogP contribution in [-0.2, 0) is 13.0 Å². The van der Waals surface area contributed by atoms with Gasteiger partial charge in [-0.2, -0.15) is 28.1 Å². The molecular formula is C26H19F5N4O2. The van der Waals surface area contributed by atoms with Gasteiger partial charge in [-0.1, -0.05) is 48.5 Å².